The summed E-state index contributed by atoms with van der Waals surface area (Å²) >= 11 is 0. The molecule has 7 nitrogen and oxygen atoms in total. The molecule has 4 amide bonds. The highest BCUT2D eigenvalue weighted by molar-refractivity contribution is 6.46. The number of anilines is 1. The number of amides is 4. The Morgan fingerprint density at radius 1 is 1.16 bits per heavy atom. The van der Waals surface area contributed by atoms with Crippen LogP contribution in [0.1, 0.15) is 11.1 Å². The molecule has 0 radical (unpaired) electrons. The maximum absolute atomic E-state index is 12.3. The fourth-order valence-corrected chi connectivity index (χ4v) is 2.40. The van der Waals surface area contributed by atoms with Crippen LogP contribution in [-0.2, 0) is 16.0 Å². The Kier molecular flexibility index (Phi) is 4.65. The molecule has 0 saturated heterocycles. The summed E-state index contributed by atoms with van der Waals surface area (Å²) in [4.78, 5) is 44.9. The quantitative estimate of drug-likeness (QED) is 0.903. The number of rotatable bonds is 5. The molecule has 0 saturated carbocycles. The molecule has 0 spiro atoms. The van der Waals surface area contributed by atoms with Crippen molar-refractivity contribution < 1.29 is 14.4 Å². The van der Waals surface area contributed by atoms with E-state index in [1.807, 2.05) is 19.1 Å². The third-order valence-electron chi connectivity index (χ3n) is 3.68. The number of nitrogens with one attached hydrogen (secondary N) is 1. The van der Waals surface area contributed by atoms with Gasteiger partial charge in [-0.25, -0.2) is 9.69 Å². The van der Waals surface area contributed by atoms with Crippen molar-refractivity contribution in [2.45, 2.75) is 13.3 Å². The summed E-state index contributed by atoms with van der Waals surface area (Å²) in [5.74, 6) is -1.00. The van der Waals surface area contributed by atoms with Crippen molar-refractivity contribution in [2.75, 3.05) is 11.9 Å². The number of hydrogen-bond acceptors (Lipinski definition) is 4. The molecule has 1 aromatic carbocycles. The minimum Gasteiger partial charge on any atom is -0.325 e. The number of nitrogens with zero attached hydrogens (tertiary/aromatic N) is 3. The Labute approximate surface area is 144 Å². The normalized spacial score (nSPS) is 13.8. The van der Waals surface area contributed by atoms with Gasteiger partial charge in [0.15, 0.2) is 0 Å². The summed E-state index contributed by atoms with van der Waals surface area (Å²) in [7, 11) is 0. The van der Waals surface area contributed by atoms with Crippen molar-refractivity contribution in [1.29, 1.82) is 0 Å². The van der Waals surface area contributed by atoms with Crippen LogP contribution in [0.3, 0.4) is 0 Å². The molecule has 1 aromatic heterocycles. The monoisotopic (exact) mass is 336 g/mol. The third-order valence-corrected chi connectivity index (χ3v) is 3.68. The lowest BCUT2D eigenvalue weighted by Crippen LogP contribution is -2.39. The zero-order valence-corrected chi connectivity index (χ0v) is 13.6. The van der Waals surface area contributed by atoms with E-state index in [1.54, 1.807) is 36.7 Å². The maximum atomic E-state index is 12.3. The second kappa shape index (κ2) is 7.04. The Morgan fingerprint density at radius 2 is 1.92 bits per heavy atom. The fourth-order valence-electron chi connectivity index (χ4n) is 2.40. The van der Waals surface area contributed by atoms with E-state index in [0.29, 0.717) is 5.69 Å². The van der Waals surface area contributed by atoms with Crippen LogP contribution in [0.4, 0.5) is 10.5 Å². The highest BCUT2D eigenvalue weighted by Gasteiger charge is 2.34. The highest BCUT2D eigenvalue weighted by Crippen LogP contribution is 2.12. The predicted octanol–water partition coefficient (Wildman–Crippen LogP) is 1.97. The number of carbonyl (C=O) groups is 3. The summed E-state index contributed by atoms with van der Waals surface area (Å²) in [5, 5.41) is 2.66. The lowest BCUT2D eigenvalue weighted by atomic mass is 10.1. The minimum atomic E-state index is -0.719. The van der Waals surface area contributed by atoms with Crippen LogP contribution in [0.2, 0.25) is 0 Å². The molecule has 0 bridgehead atoms. The van der Waals surface area contributed by atoms with Gasteiger partial charge in [0.1, 0.15) is 12.3 Å². The minimum absolute atomic E-state index is 0.112. The molecule has 0 unspecified atom stereocenters. The van der Waals surface area contributed by atoms with Crippen molar-refractivity contribution in [2.24, 2.45) is 4.99 Å². The van der Waals surface area contributed by atoms with Crippen LogP contribution in [0.5, 0.6) is 0 Å². The number of aryl methyl sites for hydroxylation is 1. The molecule has 1 aliphatic rings. The smallest absolute Gasteiger partial charge is 0.325 e. The summed E-state index contributed by atoms with van der Waals surface area (Å²) < 4.78 is 0. The number of aromatic nitrogens is 1. The second-order valence-corrected chi connectivity index (χ2v) is 5.68. The summed E-state index contributed by atoms with van der Waals surface area (Å²) in [6.07, 6.45) is 3.43. The predicted molar refractivity (Wildman–Crippen MR) is 92.3 cm³/mol. The van der Waals surface area contributed by atoms with Gasteiger partial charge in [-0.05, 0) is 30.7 Å². The van der Waals surface area contributed by atoms with E-state index in [-0.39, 0.29) is 18.7 Å². The lowest BCUT2D eigenvalue weighted by molar-refractivity contribution is -0.125. The zero-order valence-electron chi connectivity index (χ0n) is 13.6. The first kappa shape index (κ1) is 16.5. The van der Waals surface area contributed by atoms with Gasteiger partial charge in [0, 0.05) is 24.5 Å². The lowest BCUT2D eigenvalue weighted by Gasteiger charge is -2.13. The zero-order chi connectivity index (χ0) is 17.8. The van der Waals surface area contributed by atoms with Crippen LogP contribution >= 0.6 is 0 Å². The fraction of sp³-hybridized carbons (Fsp3) is 0.167. The van der Waals surface area contributed by atoms with Crippen LogP contribution in [-0.4, -0.2) is 40.0 Å². The summed E-state index contributed by atoms with van der Waals surface area (Å²) in [5.41, 5.74) is 2.55. The van der Waals surface area contributed by atoms with Crippen molar-refractivity contribution in [3.63, 3.8) is 0 Å². The molecule has 1 aliphatic heterocycles. The summed E-state index contributed by atoms with van der Waals surface area (Å²) in [6, 6.07) is 10.0. The van der Waals surface area contributed by atoms with Gasteiger partial charge in [0.25, 0.3) is 5.91 Å². The number of imide groups is 1. The van der Waals surface area contributed by atoms with Gasteiger partial charge in [0.2, 0.25) is 5.91 Å². The number of carbonyl (C=O) groups excluding carboxylic acids is 3. The number of pyridine rings is 1. The Morgan fingerprint density at radius 3 is 2.60 bits per heavy atom. The van der Waals surface area contributed by atoms with Crippen LogP contribution in [0.15, 0.2) is 53.8 Å². The number of urea groups is 1. The number of aliphatic imine (C=N–C) groups is 1. The molecule has 7 heteroatoms. The molecule has 0 fully saturated rings. The van der Waals surface area contributed by atoms with Gasteiger partial charge < -0.3 is 5.32 Å². The Bertz CT molecular complexity index is 844. The van der Waals surface area contributed by atoms with Crippen LogP contribution in [0, 0.1) is 6.92 Å². The van der Waals surface area contributed by atoms with E-state index in [4.69, 9.17) is 0 Å². The van der Waals surface area contributed by atoms with Crippen molar-refractivity contribution in [3.05, 3.63) is 59.9 Å². The second-order valence-electron chi connectivity index (χ2n) is 5.68. The van der Waals surface area contributed by atoms with Gasteiger partial charge in [-0.1, -0.05) is 23.8 Å². The van der Waals surface area contributed by atoms with Crippen LogP contribution < -0.4 is 5.32 Å². The standard InChI is InChI=1S/C18H16N4O3/c1-12-4-6-14(7-5-12)20-16(23)11-22-17(24)15(21-18(22)25)9-13-3-2-8-19-10-13/h2-8,10H,9,11H2,1H3,(H,20,23). The average Bonchev–Trinajstić information content (AvgIpc) is 2.85. The molecular formula is C18H16N4O3. The molecule has 1 N–H and O–H groups in total. The van der Waals surface area contributed by atoms with Gasteiger partial charge in [0.05, 0.1) is 0 Å². The average molecular weight is 336 g/mol. The molecular weight excluding hydrogens is 320 g/mol. The first-order valence-electron chi connectivity index (χ1n) is 7.72. The van der Waals surface area contributed by atoms with Gasteiger partial charge in [-0.3, -0.25) is 14.6 Å². The Hall–Kier alpha value is -3.35. The van der Waals surface area contributed by atoms with E-state index < -0.39 is 17.8 Å². The molecule has 2 aromatic rings. The van der Waals surface area contributed by atoms with Crippen molar-refractivity contribution in [1.82, 2.24) is 9.88 Å². The van der Waals surface area contributed by atoms with Gasteiger partial charge in [-0.15, -0.1) is 0 Å². The number of benzene rings is 1. The third kappa shape index (κ3) is 3.95. The van der Waals surface area contributed by atoms with E-state index in [2.05, 4.69) is 15.3 Å². The highest BCUT2D eigenvalue weighted by atomic mass is 16.2. The SMILES string of the molecule is Cc1ccc(NC(=O)CN2C(=O)N=C(Cc3cccnc3)C2=O)cc1. The largest absolute Gasteiger partial charge is 0.351 e. The molecule has 2 heterocycles. The maximum Gasteiger partial charge on any atom is 0.351 e. The number of hydrogen-bond donors (Lipinski definition) is 1. The van der Waals surface area contributed by atoms with Crippen LogP contribution in [0.25, 0.3) is 0 Å². The topological polar surface area (TPSA) is 91.7 Å². The Balaban J connectivity index is 1.62. The molecule has 0 atom stereocenters. The first-order chi connectivity index (χ1) is 12.0. The van der Waals surface area contributed by atoms with E-state index in [1.165, 1.54) is 0 Å². The molecule has 126 valence electrons. The van der Waals surface area contributed by atoms with Gasteiger partial charge >= 0.3 is 6.03 Å². The van der Waals surface area contributed by atoms with E-state index >= 15 is 0 Å². The van der Waals surface area contributed by atoms with Crippen molar-refractivity contribution in [3.8, 4) is 0 Å². The van der Waals surface area contributed by atoms with Gasteiger partial charge in [-0.2, -0.15) is 4.99 Å². The van der Waals surface area contributed by atoms with E-state index in [0.717, 1.165) is 16.0 Å². The summed E-state index contributed by atoms with van der Waals surface area (Å²) in [6.45, 7) is 1.57. The van der Waals surface area contributed by atoms with Crippen molar-refractivity contribution >= 4 is 29.2 Å². The van der Waals surface area contributed by atoms with E-state index in [9.17, 15) is 14.4 Å². The first-order valence-corrected chi connectivity index (χ1v) is 7.72. The molecule has 3 rings (SSSR count). The molecule has 0 aliphatic carbocycles. The molecule has 25 heavy (non-hydrogen) atoms.